The predicted octanol–water partition coefficient (Wildman–Crippen LogP) is 7.33. The van der Waals surface area contributed by atoms with Crippen LogP contribution in [0.1, 0.15) is 42.5 Å². The van der Waals surface area contributed by atoms with E-state index in [-0.39, 0.29) is 47.2 Å². The summed E-state index contributed by atoms with van der Waals surface area (Å²) in [5.74, 6) is -2.75. The maximum atomic E-state index is 13.9. The van der Waals surface area contributed by atoms with Gasteiger partial charge in [-0.05, 0) is 69.7 Å². The second kappa shape index (κ2) is 12.2. The third-order valence-electron chi connectivity index (χ3n) is 5.64. The van der Waals surface area contributed by atoms with Gasteiger partial charge in [0, 0.05) is 6.07 Å². The number of ether oxygens (including phenoxy) is 5. The number of benzene rings is 3. The summed E-state index contributed by atoms with van der Waals surface area (Å²) in [5, 5.41) is -0.196. The lowest BCUT2D eigenvalue weighted by Gasteiger charge is -2.17. The van der Waals surface area contributed by atoms with Gasteiger partial charge in [-0.2, -0.15) is 13.2 Å². The fraction of sp³-hybridized carbons (Fsp3) is 0.267. The van der Waals surface area contributed by atoms with Crippen LogP contribution in [0.5, 0.6) is 34.5 Å². The molecule has 1 aromatic heterocycles. The SMILES string of the molecule is CCOc1cc(C(=O)Oc2ccc3c(=O)c(Oc4cccc(C)c4)c(C(F)(F)F)oc3c2)cc(OCC)c1OCC. The lowest BCUT2D eigenvalue weighted by Crippen LogP contribution is -2.16. The van der Waals surface area contributed by atoms with E-state index in [0.29, 0.717) is 12.4 Å². The molecule has 0 amide bonds. The standard InChI is InChI=1S/C30H27F3O8/c1-5-36-23-14-18(15-24(37-6-2)26(23)38-7-3)29(35)40-20-11-12-21-22(16-20)41-28(30(31,32)33)27(25(21)34)39-19-10-8-9-17(4)13-19/h8-16H,5-7H2,1-4H3. The monoisotopic (exact) mass is 572 g/mol. The first kappa shape index (κ1) is 29.3. The van der Waals surface area contributed by atoms with Crippen LogP contribution in [-0.4, -0.2) is 25.8 Å². The normalized spacial score (nSPS) is 11.3. The fourth-order valence-corrected chi connectivity index (χ4v) is 3.97. The summed E-state index contributed by atoms with van der Waals surface area (Å²) >= 11 is 0. The molecule has 0 aliphatic rings. The summed E-state index contributed by atoms with van der Waals surface area (Å²) in [6, 6.07) is 12.5. The molecule has 4 aromatic rings. The van der Waals surface area contributed by atoms with Gasteiger partial charge in [0.1, 0.15) is 17.1 Å². The Morgan fingerprint density at radius 1 is 0.829 bits per heavy atom. The van der Waals surface area contributed by atoms with Crippen molar-refractivity contribution in [1.29, 1.82) is 0 Å². The van der Waals surface area contributed by atoms with Crippen molar-refractivity contribution in [2.75, 3.05) is 19.8 Å². The molecule has 41 heavy (non-hydrogen) atoms. The van der Waals surface area contributed by atoms with E-state index in [2.05, 4.69) is 0 Å². The Balaban J connectivity index is 1.72. The Kier molecular flexibility index (Phi) is 8.75. The molecule has 11 heteroatoms. The molecule has 0 aliphatic heterocycles. The Labute approximate surface area is 233 Å². The van der Waals surface area contributed by atoms with Gasteiger partial charge in [-0.15, -0.1) is 0 Å². The van der Waals surface area contributed by atoms with Gasteiger partial charge in [0.25, 0.3) is 5.76 Å². The number of alkyl halides is 3. The maximum absolute atomic E-state index is 13.9. The first-order valence-corrected chi connectivity index (χ1v) is 12.8. The first-order chi connectivity index (χ1) is 19.5. The fourth-order valence-electron chi connectivity index (χ4n) is 3.97. The number of esters is 1. The Morgan fingerprint density at radius 2 is 1.49 bits per heavy atom. The minimum absolute atomic E-state index is 0.0415. The van der Waals surface area contributed by atoms with Gasteiger partial charge in [-0.1, -0.05) is 12.1 Å². The largest absolute Gasteiger partial charge is 0.490 e. The van der Waals surface area contributed by atoms with Crippen LogP contribution < -0.4 is 29.1 Å². The van der Waals surface area contributed by atoms with E-state index >= 15 is 0 Å². The molecule has 0 fully saturated rings. The van der Waals surface area contributed by atoms with E-state index in [9.17, 15) is 22.8 Å². The third-order valence-corrected chi connectivity index (χ3v) is 5.64. The topological polar surface area (TPSA) is 93.4 Å². The number of hydrogen-bond acceptors (Lipinski definition) is 8. The maximum Gasteiger partial charge on any atom is 0.453 e. The molecule has 0 N–H and O–H groups in total. The molecule has 8 nitrogen and oxygen atoms in total. The van der Waals surface area contributed by atoms with E-state index in [4.69, 9.17) is 28.1 Å². The molecule has 0 atom stereocenters. The zero-order valence-electron chi connectivity index (χ0n) is 22.7. The first-order valence-electron chi connectivity index (χ1n) is 12.8. The molecule has 0 radical (unpaired) electrons. The van der Waals surface area contributed by atoms with E-state index in [1.807, 2.05) is 0 Å². The minimum Gasteiger partial charge on any atom is -0.490 e. The number of halogens is 3. The minimum atomic E-state index is -5.05. The van der Waals surface area contributed by atoms with Gasteiger partial charge in [0.15, 0.2) is 11.5 Å². The highest BCUT2D eigenvalue weighted by Crippen LogP contribution is 2.40. The highest BCUT2D eigenvalue weighted by molar-refractivity contribution is 5.93. The zero-order chi connectivity index (χ0) is 29.7. The van der Waals surface area contributed by atoms with Crippen LogP contribution in [0.25, 0.3) is 11.0 Å². The van der Waals surface area contributed by atoms with E-state index < -0.39 is 34.7 Å². The molecule has 0 bridgehead atoms. The number of aryl methyl sites for hydroxylation is 1. The average molecular weight is 573 g/mol. The number of carbonyl (C=O) groups excluding carboxylic acids is 1. The zero-order valence-corrected chi connectivity index (χ0v) is 22.7. The van der Waals surface area contributed by atoms with Gasteiger partial charge >= 0.3 is 12.1 Å². The Morgan fingerprint density at radius 3 is 2.07 bits per heavy atom. The van der Waals surface area contributed by atoms with Crippen LogP contribution in [0.2, 0.25) is 0 Å². The van der Waals surface area contributed by atoms with Gasteiger partial charge in [0.05, 0.1) is 30.8 Å². The van der Waals surface area contributed by atoms with Crippen molar-refractivity contribution in [3.8, 4) is 34.5 Å². The number of rotatable bonds is 10. The van der Waals surface area contributed by atoms with Crippen molar-refractivity contribution < 1.29 is 46.1 Å². The van der Waals surface area contributed by atoms with Crippen LogP contribution in [0, 0.1) is 6.92 Å². The summed E-state index contributed by atoms with van der Waals surface area (Å²) in [4.78, 5) is 26.1. The number of fused-ring (bicyclic) bond motifs is 1. The second-order valence-electron chi connectivity index (χ2n) is 8.65. The predicted molar refractivity (Wildman–Crippen MR) is 144 cm³/mol. The van der Waals surface area contributed by atoms with Gasteiger partial charge in [-0.3, -0.25) is 4.79 Å². The van der Waals surface area contributed by atoms with E-state index in [0.717, 1.165) is 11.6 Å². The number of carbonyl (C=O) groups is 1. The highest BCUT2D eigenvalue weighted by atomic mass is 19.4. The van der Waals surface area contributed by atoms with Crippen molar-refractivity contribution in [2.45, 2.75) is 33.9 Å². The van der Waals surface area contributed by atoms with Gasteiger partial charge in [-0.25, -0.2) is 4.79 Å². The molecule has 4 rings (SSSR count). The molecule has 216 valence electrons. The van der Waals surface area contributed by atoms with Crippen LogP contribution in [0.4, 0.5) is 13.2 Å². The molecular formula is C30H27F3O8. The summed E-state index contributed by atoms with van der Waals surface area (Å²) < 4.78 is 74.5. The Bertz CT molecular complexity index is 1600. The molecule has 0 aliphatic carbocycles. The smallest absolute Gasteiger partial charge is 0.453 e. The van der Waals surface area contributed by atoms with Crippen molar-refractivity contribution >= 4 is 16.9 Å². The lowest BCUT2D eigenvalue weighted by molar-refractivity contribution is -0.154. The molecule has 0 saturated heterocycles. The van der Waals surface area contributed by atoms with E-state index in [1.165, 1.54) is 36.4 Å². The summed E-state index contributed by atoms with van der Waals surface area (Å²) in [6.07, 6.45) is -5.05. The van der Waals surface area contributed by atoms with Crippen molar-refractivity contribution in [3.05, 3.63) is 81.7 Å². The molecule has 3 aromatic carbocycles. The summed E-state index contributed by atoms with van der Waals surface area (Å²) in [7, 11) is 0. The lowest BCUT2D eigenvalue weighted by atomic mass is 10.1. The molecule has 0 spiro atoms. The van der Waals surface area contributed by atoms with Crippen LogP contribution in [0.3, 0.4) is 0 Å². The van der Waals surface area contributed by atoms with Crippen molar-refractivity contribution in [3.63, 3.8) is 0 Å². The molecule has 0 unspecified atom stereocenters. The van der Waals surface area contributed by atoms with Crippen molar-refractivity contribution in [1.82, 2.24) is 0 Å². The molecule has 1 heterocycles. The summed E-state index contributed by atoms with van der Waals surface area (Å²) in [6.45, 7) is 7.92. The average Bonchev–Trinajstić information content (AvgIpc) is 2.91. The van der Waals surface area contributed by atoms with Crippen LogP contribution in [0.15, 0.2) is 63.8 Å². The summed E-state index contributed by atoms with van der Waals surface area (Å²) in [5.41, 5.74) is -0.713. The highest BCUT2D eigenvalue weighted by Gasteiger charge is 2.40. The third kappa shape index (κ3) is 6.56. The quantitative estimate of drug-likeness (QED) is 0.144. The molecular weight excluding hydrogens is 545 g/mol. The van der Waals surface area contributed by atoms with Gasteiger partial charge < -0.3 is 28.1 Å². The number of hydrogen-bond donors (Lipinski definition) is 0. The second-order valence-corrected chi connectivity index (χ2v) is 8.65. The van der Waals surface area contributed by atoms with Crippen LogP contribution >= 0.6 is 0 Å². The van der Waals surface area contributed by atoms with Gasteiger partial charge in [0.2, 0.25) is 16.9 Å². The van der Waals surface area contributed by atoms with E-state index in [1.54, 1.807) is 39.8 Å². The van der Waals surface area contributed by atoms with Crippen molar-refractivity contribution in [2.24, 2.45) is 0 Å². The molecule has 0 saturated carbocycles. The van der Waals surface area contributed by atoms with Crippen LogP contribution in [-0.2, 0) is 6.18 Å². The Hall–Kier alpha value is -4.67.